The van der Waals surface area contributed by atoms with Crippen molar-refractivity contribution in [2.45, 2.75) is 50.2 Å². The number of ether oxygens (including phenoxy) is 1. The highest BCUT2D eigenvalue weighted by molar-refractivity contribution is 8.01. The number of hydrogen-bond acceptors (Lipinski definition) is 3. The van der Waals surface area contributed by atoms with Gasteiger partial charge in [-0.2, -0.15) is 0 Å². The molecule has 0 unspecified atom stereocenters. The Labute approximate surface area is 207 Å². The molecule has 1 aliphatic rings. The molecule has 0 atom stereocenters. The number of carbonyl (C=O) groups excluding carboxylic acids is 1. The predicted octanol–water partition coefficient (Wildman–Crippen LogP) is 7.70. The molecule has 0 aliphatic carbocycles. The molecule has 0 bridgehead atoms. The Morgan fingerprint density at radius 3 is 2.24 bits per heavy atom. The molecule has 4 rings (SSSR count). The van der Waals surface area contributed by atoms with Crippen LogP contribution in [0.5, 0.6) is 0 Å². The molecular formula is C31H30O2S. The van der Waals surface area contributed by atoms with Gasteiger partial charge in [0.2, 0.25) is 0 Å². The number of thioether (sulfide) groups is 1. The fraction of sp³-hybridized carbons (Fsp3) is 0.258. The zero-order valence-corrected chi connectivity index (χ0v) is 21.3. The Kier molecular flexibility index (Phi) is 7.00. The predicted molar refractivity (Wildman–Crippen MR) is 142 cm³/mol. The lowest BCUT2D eigenvalue weighted by molar-refractivity contribution is 0.0526. The monoisotopic (exact) mass is 466 g/mol. The minimum Gasteiger partial charge on any atom is -0.462 e. The van der Waals surface area contributed by atoms with Crippen molar-refractivity contribution in [2.24, 2.45) is 0 Å². The minimum absolute atomic E-state index is 0.0208. The van der Waals surface area contributed by atoms with E-state index in [1.54, 1.807) is 19.1 Å². The van der Waals surface area contributed by atoms with E-state index in [9.17, 15) is 4.79 Å². The zero-order valence-electron chi connectivity index (χ0n) is 20.4. The van der Waals surface area contributed by atoms with Crippen molar-refractivity contribution < 1.29 is 9.53 Å². The largest absolute Gasteiger partial charge is 0.462 e. The summed E-state index contributed by atoms with van der Waals surface area (Å²) in [4.78, 5) is 13.1. The maximum absolute atomic E-state index is 11.9. The maximum Gasteiger partial charge on any atom is 0.338 e. The van der Waals surface area contributed by atoms with Gasteiger partial charge in [-0.05, 0) is 91.4 Å². The van der Waals surface area contributed by atoms with Gasteiger partial charge in [0.15, 0.2) is 0 Å². The summed E-state index contributed by atoms with van der Waals surface area (Å²) in [5.41, 5.74) is 7.45. The Morgan fingerprint density at radius 2 is 1.59 bits per heavy atom. The fourth-order valence-corrected chi connectivity index (χ4v) is 5.14. The van der Waals surface area contributed by atoms with Crippen molar-refractivity contribution in [3.63, 3.8) is 0 Å². The van der Waals surface area contributed by atoms with Crippen LogP contribution in [0.25, 0.3) is 5.57 Å². The lowest BCUT2D eigenvalue weighted by Crippen LogP contribution is -2.16. The third-order valence-electron chi connectivity index (χ3n) is 5.77. The number of carbonyl (C=O) groups is 1. The first-order valence-corrected chi connectivity index (χ1v) is 12.5. The van der Waals surface area contributed by atoms with E-state index < -0.39 is 0 Å². The SMILES string of the molecule is CCOC(=O)c1ccc(C#Cc2ccc3c(c2)C(c2ccc(C(C)C)cc2)=CC(C)(C)S3)cc1. The van der Waals surface area contributed by atoms with Crippen LogP contribution in [0.1, 0.15) is 78.7 Å². The van der Waals surface area contributed by atoms with Gasteiger partial charge in [-0.1, -0.05) is 56.0 Å². The standard InChI is InChI=1S/C31H30O2S/c1-6-33-30(32)26-12-9-22(10-13-26)7-8-23-11-18-29-27(19-23)28(20-31(4,5)34-29)25-16-14-24(15-17-25)21(2)3/h9-21H,6H2,1-5H3. The molecule has 0 radical (unpaired) electrons. The van der Waals surface area contributed by atoms with Crippen molar-refractivity contribution in [1.82, 2.24) is 0 Å². The second kappa shape index (κ2) is 9.95. The molecule has 0 saturated carbocycles. The fourth-order valence-electron chi connectivity index (χ4n) is 3.98. The smallest absolute Gasteiger partial charge is 0.338 e. The minimum atomic E-state index is -0.308. The Hall–Kier alpha value is -3.22. The number of esters is 1. The summed E-state index contributed by atoms with van der Waals surface area (Å²) in [7, 11) is 0. The highest BCUT2D eigenvalue weighted by Crippen LogP contribution is 2.46. The molecular weight excluding hydrogens is 436 g/mol. The van der Waals surface area contributed by atoms with Crippen molar-refractivity contribution >= 4 is 23.3 Å². The molecule has 0 saturated heterocycles. The topological polar surface area (TPSA) is 26.3 Å². The lowest BCUT2D eigenvalue weighted by Gasteiger charge is -2.29. The molecule has 0 fully saturated rings. The van der Waals surface area contributed by atoms with E-state index in [-0.39, 0.29) is 10.7 Å². The van der Waals surface area contributed by atoms with Gasteiger partial charge in [-0.15, -0.1) is 11.8 Å². The van der Waals surface area contributed by atoms with E-state index in [1.165, 1.54) is 27.2 Å². The third-order valence-corrected chi connectivity index (χ3v) is 6.99. The summed E-state index contributed by atoms with van der Waals surface area (Å²) >= 11 is 1.88. The molecule has 34 heavy (non-hydrogen) atoms. The van der Waals surface area contributed by atoms with Crippen molar-refractivity contribution in [2.75, 3.05) is 6.61 Å². The summed E-state index contributed by atoms with van der Waals surface area (Å²) in [6, 6.07) is 22.6. The maximum atomic E-state index is 11.9. The summed E-state index contributed by atoms with van der Waals surface area (Å²) in [6.45, 7) is 11.1. The molecule has 3 heteroatoms. The molecule has 3 aromatic carbocycles. The van der Waals surface area contributed by atoms with Crippen LogP contribution >= 0.6 is 11.8 Å². The van der Waals surface area contributed by atoms with E-state index >= 15 is 0 Å². The van der Waals surface area contributed by atoms with Gasteiger partial charge in [0.25, 0.3) is 0 Å². The van der Waals surface area contributed by atoms with Crippen LogP contribution in [0.3, 0.4) is 0 Å². The molecule has 1 heterocycles. The molecule has 172 valence electrons. The van der Waals surface area contributed by atoms with E-state index in [0.29, 0.717) is 18.1 Å². The first-order chi connectivity index (χ1) is 16.3. The number of benzene rings is 3. The Bertz CT molecular complexity index is 1280. The molecule has 0 aromatic heterocycles. The van der Waals surface area contributed by atoms with Gasteiger partial charge in [-0.25, -0.2) is 4.79 Å². The average molecular weight is 467 g/mol. The third kappa shape index (κ3) is 5.46. The van der Waals surface area contributed by atoms with Crippen LogP contribution in [0, 0.1) is 11.8 Å². The molecule has 0 spiro atoms. The molecule has 0 N–H and O–H groups in total. The molecule has 2 nitrogen and oxygen atoms in total. The first-order valence-electron chi connectivity index (χ1n) is 11.7. The summed E-state index contributed by atoms with van der Waals surface area (Å²) < 4.78 is 5.07. The number of rotatable bonds is 4. The normalized spacial score (nSPS) is 14.0. The van der Waals surface area contributed by atoms with Gasteiger partial charge in [-0.3, -0.25) is 0 Å². The van der Waals surface area contributed by atoms with Crippen molar-refractivity contribution in [3.8, 4) is 11.8 Å². The summed E-state index contributed by atoms with van der Waals surface area (Å²) in [5, 5.41) is 0. The van der Waals surface area contributed by atoms with Crippen molar-refractivity contribution in [3.05, 3.63) is 106 Å². The van der Waals surface area contributed by atoms with Crippen LogP contribution in [-0.2, 0) is 4.74 Å². The van der Waals surface area contributed by atoms with E-state index in [1.807, 2.05) is 23.9 Å². The van der Waals surface area contributed by atoms with Gasteiger partial charge in [0.1, 0.15) is 0 Å². The number of fused-ring (bicyclic) bond motifs is 1. The van der Waals surface area contributed by atoms with Gasteiger partial charge in [0.05, 0.1) is 12.2 Å². The molecule has 0 amide bonds. The summed E-state index contributed by atoms with van der Waals surface area (Å²) in [5.74, 6) is 6.74. The van der Waals surface area contributed by atoms with Crippen molar-refractivity contribution in [1.29, 1.82) is 0 Å². The summed E-state index contributed by atoms with van der Waals surface area (Å²) in [6.07, 6.45) is 2.37. The number of hydrogen-bond donors (Lipinski definition) is 0. The van der Waals surface area contributed by atoms with Crippen LogP contribution in [-0.4, -0.2) is 17.3 Å². The van der Waals surface area contributed by atoms with Crippen LogP contribution in [0.2, 0.25) is 0 Å². The van der Waals surface area contributed by atoms with Crippen LogP contribution in [0.15, 0.2) is 77.7 Å². The molecule has 3 aromatic rings. The van der Waals surface area contributed by atoms with Gasteiger partial charge in [0, 0.05) is 20.8 Å². The van der Waals surface area contributed by atoms with E-state index in [0.717, 1.165) is 11.1 Å². The first kappa shape index (κ1) is 23.9. The average Bonchev–Trinajstić information content (AvgIpc) is 2.82. The van der Waals surface area contributed by atoms with Crippen LogP contribution < -0.4 is 0 Å². The van der Waals surface area contributed by atoms with Gasteiger partial charge < -0.3 is 4.74 Å². The highest BCUT2D eigenvalue weighted by Gasteiger charge is 2.26. The highest BCUT2D eigenvalue weighted by atomic mass is 32.2. The molecule has 1 aliphatic heterocycles. The Morgan fingerprint density at radius 1 is 0.941 bits per heavy atom. The second-order valence-corrected chi connectivity index (χ2v) is 11.0. The van der Waals surface area contributed by atoms with E-state index in [4.69, 9.17) is 4.74 Å². The second-order valence-electron chi connectivity index (χ2n) is 9.30. The zero-order chi connectivity index (χ0) is 24.3. The van der Waals surface area contributed by atoms with Crippen LogP contribution in [0.4, 0.5) is 0 Å². The van der Waals surface area contributed by atoms with E-state index in [2.05, 4.69) is 88.1 Å². The lowest BCUT2D eigenvalue weighted by atomic mass is 9.91. The Balaban J connectivity index is 1.65. The van der Waals surface area contributed by atoms with Gasteiger partial charge >= 0.3 is 5.97 Å². The quantitative estimate of drug-likeness (QED) is 0.291.